The fourth-order valence-electron chi connectivity index (χ4n) is 2.21. The van der Waals surface area contributed by atoms with Gasteiger partial charge in [0, 0.05) is 34.6 Å². The summed E-state index contributed by atoms with van der Waals surface area (Å²) in [6, 6.07) is 3.48. The first kappa shape index (κ1) is 15.7. The maximum absolute atomic E-state index is 12.7. The van der Waals surface area contributed by atoms with Crippen LogP contribution >= 0.6 is 15.9 Å². The first-order chi connectivity index (χ1) is 9.82. The number of hydrogen-bond acceptors (Lipinski definition) is 2. The van der Waals surface area contributed by atoms with Gasteiger partial charge in [0.1, 0.15) is 0 Å². The van der Waals surface area contributed by atoms with E-state index in [-0.39, 0.29) is 29.3 Å². The van der Waals surface area contributed by atoms with E-state index in [4.69, 9.17) is 5.53 Å². The van der Waals surface area contributed by atoms with Crippen molar-refractivity contribution in [1.82, 2.24) is 0 Å². The summed E-state index contributed by atoms with van der Waals surface area (Å²) >= 11 is 2.88. The molecule has 9 heteroatoms. The predicted molar refractivity (Wildman–Crippen MR) is 73.6 cm³/mol. The van der Waals surface area contributed by atoms with Crippen LogP contribution in [0.5, 0.6) is 0 Å². The number of rotatable bonds is 3. The minimum absolute atomic E-state index is 0.112. The molecule has 1 heterocycles. The minimum Gasteiger partial charge on any atom is -0.312 e. The number of carbonyl (C=O) groups excluding carboxylic acids is 1. The molecule has 112 valence electrons. The van der Waals surface area contributed by atoms with Gasteiger partial charge in [0.25, 0.3) is 0 Å². The van der Waals surface area contributed by atoms with E-state index in [1.165, 1.54) is 17.0 Å². The van der Waals surface area contributed by atoms with Gasteiger partial charge in [0.05, 0.1) is 5.56 Å². The van der Waals surface area contributed by atoms with Crippen LogP contribution in [-0.4, -0.2) is 19.0 Å². The van der Waals surface area contributed by atoms with Crippen LogP contribution in [0, 0.1) is 5.92 Å². The second kappa shape index (κ2) is 5.95. The third-order valence-electron chi connectivity index (χ3n) is 3.18. The lowest BCUT2D eigenvalue weighted by Crippen LogP contribution is -2.25. The van der Waals surface area contributed by atoms with E-state index in [0.717, 1.165) is 6.07 Å². The standard InChI is InChI=1S/C12H10BrF3N4O/c13-10-4-8(1-2-9(10)12(14,15)16)20-6-7(3-11(20)21)5-18-19-17/h1-2,4,7H,3,5-6H2. The van der Waals surface area contributed by atoms with Gasteiger partial charge in [-0.3, -0.25) is 4.79 Å². The molecule has 21 heavy (non-hydrogen) atoms. The number of anilines is 1. The van der Waals surface area contributed by atoms with Crippen molar-refractivity contribution in [2.24, 2.45) is 11.0 Å². The van der Waals surface area contributed by atoms with Crippen molar-refractivity contribution in [3.63, 3.8) is 0 Å². The molecule has 0 bridgehead atoms. The second-order valence-corrected chi connectivity index (χ2v) is 5.50. The number of nitrogens with zero attached hydrogens (tertiary/aromatic N) is 4. The van der Waals surface area contributed by atoms with Crippen LogP contribution in [0.3, 0.4) is 0 Å². The molecule has 1 amide bonds. The van der Waals surface area contributed by atoms with Gasteiger partial charge in [-0.25, -0.2) is 0 Å². The first-order valence-electron chi connectivity index (χ1n) is 6.01. The molecule has 0 N–H and O–H groups in total. The van der Waals surface area contributed by atoms with E-state index in [1.54, 1.807) is 0 Å². The van der Waals surface area contributed by atoms with Gasteiger partial charge in [-0.1, -0.05) is 21.0 Å². The maximum Gasteiger partial charge on any atom is 0.417 e. The maximum atomic E-state index is 12.7. The van der Waals surface area contributed by atoms with Crippen molar-refractivity contribution >= 4 is 27.5 Å². The van der Waals surface area contributed by atoms with Crippen molar-refractivity contribution in [3.05, 3.63) is 38.7 Å². The largest absolute Gasteiger partial charge is 0.417 e. The molecule has 1 aliphatic rings. The summed E-state index contributed by atoms with van der Waals surface area (Å²) < 4.78 is 37.9. The van der Waals surface area contributed by atoms with Crippen molar-refractivity contribution in [2.45, 2.75) is 12.6 Å². The van der Waals surface area contributed by atoms with Crippen LogP contribution in [0.25, 0.3) is 10.4 Å². The van der Waals surface area contributed by atoms with Gasteiger partial charge in [-0.15, -0.1) is 0 Å². The molecule has 1 fully saturated rings. The average molecular weight is 363 g/mol. The van der Waals surface area contributed by atoms with Gasteiger partial charge in [0.2, 0.25) is 5.91 Å². The lowest BCUT2D eigenvalue weighted by atomic mass is 10.1. The number of azide groups is 1. The first-order valence-corrected chi connectivity index (χ1v) is 6.80. The molecule has 0 radical (unpaired) electrons. The SMILES string of the molecule is [N-]=[N+]=NCC1CC(=O)N(c2ccc(C(F)(F)F)c(Br)c2)C1. The Balaban J connectivity index is 2.21. The number of carbonyl (C=O) groups is 1. The van der Waals surface area contributed by atoms with Crippen LogP contribution in [0.4, 0.5) is 18.9 Å². The average Bonchev–Trinajstić information content (AvgIpc) is 2.76. The van der Waals surface area contributed by atoms with Gasteiger partial charge in [-0.2, -0.15) is 13.2 Å². The van der Waals surface area contributed by atoms with Gasteiger partial charge in [0.15, 0.2) is 0 Å². The van der Waals surface area contributed by atoms with E-state index in [9.17, 15) is 18.0 Å². The Morgan fingerprint density at radius 2 is 2.19 bits per heavy atom. The predicted octanol–water partition coefficient (Wildman–Crippen LogP) is 4.13. The summed E-state index contributed by atoms with van der Waals surface area (Å²) in [6.07, 6.45) is -4.23. The third kappa shape index (κ3) is 3.48. The van der Waals surface area contributed by atoms with Crippen LogP contribution in [0.15, 0.2) is 27.8 Å². The minimum atomic E-state index is -4.45. The zero-order chi connectivity index (χ0) is 15.6. The normalized spacial score (nSPS) is 18.8. The summed E-state index contributed by atoms with van der Waals surface area (Å²) in [5, 5.41) is 3.42. The fourth-order valence-corrected chi connectivity index (χ4v) is 2.80. The molecule has 1 aromatic carbocycles. The topological polar surface area (TPSA) is 69.1 Å². The molecule has 1 atom stereocenters. The van der Waals surface area contributed by atoms with Crippen molar-refractivity contribution in [3.8, 4) is 0 Å². The summed E-state index contributed by atoms with van der Waals surface area (Å²) in [6.45, 7) is 0.524. The molecule has 1 aliphatic heterocycles. The summed E-state index contributed by atoms with van der Waals surface area (Å²) in [5.74, 6) is -0.311. The molecule has 1 saturated heterocycles. The van der Waals surface area contributed by atoms with E-state index in [0.29, 0.717) is 12.2 Å². The molecular weight excluding hydrogens is 353 g/mol. The van der Waals surface area contributed by atoms with Crippen LogP contribution < -0.4 is 4.90 Å². The quantitative estimate of drug-likeness (QED) is 0.452. The molecule has 0 saturated carbocycles. The fraction of sp³-hybridized carbons (Fsp3) is 0.417. The Morgan fingerprint density at radius 3 is 2.76 bits per heavy atom. The van der Waals surface area contributed by atoms with Gasteiger partial charge >= 0.3 is 6.18 Å². The summed E-state index contributed by atoms with van der Waals surface area (Å²) in [7, 11) is 0. The van der Waals surface area contributed by atoms with E-state index in [2.05, 4.69) is 26.0 Å². The zero-order valence-corrected chi connectivity index (χ0v) is 12.2. The van der Waals surface area contributed by atoms with Crippen molar-refractivity contribution in [1.29, 1.82) is 0 Å². The summed E-state index contributed by atoms with van der Waals surface area (Å²) in [4.78, 5) is 15.9. The van der Waals surface area contributed by atoms with Crippen LogP contribution in [0.2, 0.25) is 0 Å². The number of amides is 1. The molecule has 0 aliphatic carbocycles. The Labute approximate surface area is 126 Å². The van der Waals surface area contributed by atoms with Crippen LogP contribution in [0.1, 0.15) is 12.0 Å². The molecular formula is C12H10BrF3N4O. The number of hydrogen-bond donors (Lipinski definition) is 0. The monoisotopic (exact) mass is 362 g/mol. The molecule has 0 aromatic heterocycles. The summed E-state index contributed by atoms with van der Waals surface area (Å²) in [5.41, 5.74) is 7.87. The number of halogens is 4. The molecule has 5 nitrogen and oxygen atoms in total. The van der Waals surface area contributed by atoms with Crippen molar-refractivity contribution < 1.29 is 18.0 Å². The number of benzene rings is 1. The lowest BCUT2D eigenvalue weighted by molar-refractivity contribution is -0.138. The highest BCUT2D eigenvalue weighted by Crippen LogP contribution is 2.37. The van der Waals surface area contributed by atoms with Gasteiger partial charge < -0.3 is 4.90 Å². The van der Waals surface area contributed by atoms with E-state index < -0.39 is 11.7 Å². The highest BCUT2D eigenvalue weighted by molar-refractivity contribution is 9.10. The zero-order valence-electron chi connectivity index (χ0n) is 10.6. The third-order valence-corrected chi connectivity index (χ3v) is 3.83. The van der Waals surface area contributed by atoms with E-state index in [1.807, 2.05) is 0 Å². The Hall–Kier alpha value is -1.73. The lowest BCUT2D eigenvalue weighted by Gasteiger charge is -2.18. The molecule has 1 aromatic rings. The Bertz CT molecular complexity index is 613. The van der Waals surface area contributed by atoms with Crippen LogP contribution in [-0.2, 0) is 11.0 Å². The highest BCUT2D eigenvalue weighted by Gasteiger charge is 2.34. The molecule has 1 unspecified atom stereocenters. The molecule has 0 spiro atoms. The van der Waals surface area contributed by atoms with E-state index >= 15 is 0 Å². The second-order valence-electron chi connectivity index (χ2n) is 4.65. The Morgan fingerprint density at radius 1 is 1.48 bits per heavy atom. The smallest absolute Gasteiger partial charge is 0.312 e. The Kier molecular flexibility index (Phi) is 4.43. The van der Waals surface area contributed by atoms with Crippen molar-refractivity contribution in [2.75, 3.05) is 18.0 Å². The van der Waals surface area contributed by atoms with Gasteiger partial charge in [-0.05, 0) is 29.6 Å². The number of alkyl halides is 3. The highest BCUT2D eigenvalue weighted by atomic mass is 79.9. The molecule has 2 rings (SSSR count).